The number of amides is 2. The van der Waals surface area contributed by atoms with Crippen LogP contribution in [0.4, 0.5) is 5.69 Å². The third-order valence-electron chi connectivity index (χ3n) is 8.77. The average Bonchev–Trinajstić information content (AvgIpc) is 3.23. The summed E-state index contributed by atoms with van der Waals surface area (Å²) in [7, 11) is 1.74. The smallest absolute Gasteiger partial charge is 0.337 e. The molecule has 4 rings (SSSR count). The number of carbonyl (C=O) groups is 3. The van der Waals surface area contributed by atoms with E-state index in [-0.39, 0.29) is 23.3 Å². The Bertz CT molecular complexity index is 1300. The number of aromatic nitrogens is 2. The van der Waals surface area contributed by atoms with E-state index in [0.717, 1.165) is 29.8 Å². The topological polar surface area (TPSA) is 140 Å². The molecule has 2 atom stereocenters. The molecule has 11 heteroatoms. The number of carbonyl (C=O) groups excluding carboxylic acids is 2. The summed E-state index contributed by atoms with van der Waals surface area (Å²) in [6.45, 7) is 11.9. The number of piperazine rings is 1. The number of rotatable bonds is 10. The number of aliphatic hydroxyl groups is 1. The van der Waals surface area contributed by atoms with Gasteiger partial charge in [0.15, 0.2) is 0 Å². The Morgan fingerprint density at radius 1 is 1.22 bits per heavy atom. The summed E-state index contributed by atoms with van der Waals surface area (Å²) >= 11 is 0. The van der Waals surface area contributed by atoms with Crippen LogP contribution in [-0.4, -0.2) is 91.9 Å². The fourth-order valence-corrected chi connectivity index (χ4v) is 6.08. The van der Waals surface area contributed by atoms with Gasteiger partial charge in [-0.1, -0.05) is 27.2 Å². The number of piperidine rings is 1. The van der Waals surface area contributed by atoms with Gasteiger partial charge in [-0.2, -0.15) is 5.10 Å². The largest absolute Gasteiger partial charge is 0.478 e. The van der Waals surface area contributed by atoms with Gasteiger partial charge in [0.2, 0.25) is 11.8 Å². The number of likely N-dealkylation sites (tertiary alicyclic amines) is 1. The van der Waals surface area contributed by atoms with E-state index < -0.39 is 23.7 Å². The normalized spacial score (nSPS) is 20.0. The molecule has 2 aliphatic rings. The van der Waals surface area contributed by atoms with Crippen LogP contribution < -0.4 is 10.6 Å². The third kappa shape index (κ3) is 5.70. The first kappa shape index (κ1) is 30.5. The van der Waals surface area contributed by atoms with Crippen molar-refractivity contribution >= 4 is 23.5 Å². The van der Waals surface area contributed by atoms with Crippen LogP contribution >= 0.6 is 0 Å². The molecule has 2 amide bonds. The highest BCUT2D eigenvalue weighted by Crippen LogP contribution is 2.35. The summed E-state index contributed by atoms with van der Waals surface area (Å²) < 4.78 is 1.69. The first-order valence-electron chi connectivity index (χ1n) is 14.6. The lowest BCUT2D eigenvalue weighted by Gasteiger charge is -2.52. The molecule has 2 fully saturated rings. The molecule has 11 nitrogen and oxygen atoms in total. The van der Waals surface area contributed by atoms with Gasteiger partial charge in [-0.15, -0.1) is 0 Å². The number of anilines is 1. The van der Waals surface area contributed by atoms with Gasteiger partial charge < -0.3 is 25.7 Å². The molecule has 2 aromatic rings. The van der Waals surface area contributed by atoms with Crippen LogP contribution in [0.1, 0.15) is 73.8 Å². The average molecular weight is 569 g/mol. The van der Waals surface area contributed by atoms with E-state index in [2.05, 4.69) is 22.5 Å². The Kier molecular flexibility index (Phi) is 9.08. The van der Waals surface area contributed by atoms with Crippen molar-refractivity contribution in [3.63, 3.8) is 0 Å². The first-order valence-corrected chi connectivity index (χ1v) is 14.6. The lowest BCUT2D eigenvalue weighted by Crippen LogP contribution is -2.74. The molecule has 0 aliphatic carbocycles. The lowest BCUT2D eigenvalue weighted by atomic mass is 9.80. The summed E-state index contributed by atoms with van der Waals surface area (Å²) in [5, 5.41) is 31.1. The summed E-state index contributed by atoms with van der Waals surface area (Å²) in [6, 6.07) is 4.27. The van der Waals surface area contributed by atoms with Crippen molar-refractivity contribution in [1.82, 2.24) is 24.9 Å². The van der Waals surface area contributed by atoms with E-state index in [0.29, 0.717) is 50.4 Å². The molecular formula is C30H44N6O5. The predicted molar refractivity (Wildman–Crippen MR) is 156 cm³/mol. The maximum Gasteiger partial charge on any atom is 0.337 e. The van der Waals surface area contributed by atoms with Crippen LogP contribution in [0.25, 0.3) is 5.69 Å². The van der Waals surface area contributed by atoms with Gasteiger partial charge in [0, 0.05) is 50.2 Å². The van der Waals surface area contributed by atoms with Crippen LogP contribution in [0.15, 0.2) is 18.2 Å². The zero-order valence-electron chi connectivity index (χ0n) is 25.0. The molecular weight excluding hydrogens is 524 g/mol. The number of unbranched alkanes of at least 4 members (excludes halogenated alkanes) is 1. The number of hydrogen-bond acceptors (Lipinski definition) is 7. The first-order chi connectivity index (χ1) is 19.4. The van der Waals surface area contributed by atoms with E-state index >= 15 is 0 Å². The quantitative estimate of drug-likeness (QED) is 0.343. The van der Waals surface area contributed by atoms with E-state index in [1.807, 2.05) is 33.8 Å². The molecule has 3 heterocycles. The summed E-state index contributed by atoms with van der Waals surface area (Å²) in [5.41, 5.74) is 3.15. The second-order valence-corrected chi connectivity index (χ2v) is 11.7. The van der Waals surface area contributed by atoms with Crippen molar-refractivity contribution in [2.45, 2.75) is 84.5 Å². The highest BCUT2D eigenvalue weighted by Gasteiger charge is 2.54. The number of carboxylic acid groups (broad SMARTS) is 1. The molecule has 4 N–H and O–H groups in total. The van der Waals surface area contributed by atoms with Crippen LogP contribution in [0.5, 0.6) is 0 Å². The number of hydrogen-bond donors (Lipinski definition) is 4. The molecule has 1 spiro atoms. The maximum absolute atomic E-state index is 13.6. The minimum atomic E-state index is -1.02. The van der Waals surface area contributed by atoms with Gasteiger partial charge in [0.25, 0.3) is 0 Å². The number of aryl methyl sites for hydroxylation is 1. The van der Waals surface area contributed by atoms with E-state index in [4.69, 9.17) is 5.10 Å². The SMILES string of the molecule is CCCCN1C(=O)[C@@H]([C@H](O)C(C)C)NC(=O)C12CCN(Cc1c(C)nn(-c3ccc(NC)cc3C(=O)O)c1C)CC2. The van der Waals surface area contributed by atoms with Gasteiger partial charge in [-0.05, 0) is 57.2 Å². The predicted octanol–water partition coefficient (Wildman–Crippen LogP) is 2.71. The van der Waals surface area contributed by atoms with Crippen molar-refractivity contribution in [1.29, 1.82) is 0 Å². The Hall–Kier alpha value is -3.44. The molecule has 1 aromatic heterocycles. The molecule has 0 radical (unpaired) electrons. The Morgan fingerprint density at radius 2 is 1.90 bits per heavy atom. The monoisotopic (exact) mass is 568 g/mol. The third-order valence-corrected chi connectivity index (χ3v) is 8.77. The zero-order chi connectivity index (χ0) is 30.1. The second-order valence-electron chi connectivity index (χ2n) is 11.7. The lowest BCUT2D eigenvalue weighted by molar-refractivity contribution is -0.165. The van der Waals surface area contributed by atoms with Gasteiger partial charge in [-0.25, -0.2) is 9.48 Å². The summed E-state index contributed by atoms with van der Waals surface area (Å²) in [4.78, 5) is 43.2. The van der Waals surface area contributed by atoms with Crippen LogP contribution in [0, 0.1) is 19.8 Å². The molecule has 2 aliphatic heterocycles. The van der Waals surface area contributed by atoms with Crippen molar-refractivity contribution in [3.05, 3.63) is 40.7 Å². The number of nitrogens with zero attached hydrogens (tertiary/aromatic N) is 4. The van der Waals surface area contributed by atoms with Crippen LogP contribution in [-0.2, 0) is 16.1 Å². The van der Waals surface area contributed by atoms with Crippen molar-refractivity contribution in [2.75, 3.05) is 32.0 Å². The zero-order valence-corrected chi connectivity index (χ0v) is 25.0. The fourth-order valence-electron chi connectivity index (χ4n) is 6.08. The summed E-state index contributed by atoms with van der Waals surface area (Å²) in [5.74, 6) is -1.56. The van der Waals surface area contributed by atoms with Crippen LogP contribution in [0.3, 0.4) is 0 Å². The number of carboxylic acids is 1. The minimum Gasteiger partial charge on any atom is -0.478 e. The highest BCUT2D eigenvalue weighted by atomic mass is 16.4. The molecule has 0 unspecified atom stereocenters. The van der Waals surface area contributed by atoms with Crippen molar-refractivity contribution in [3.8, 4) is 5.69 Å². The van der Waals surface area contributed by atoms with Gasteiger partial charge in [0.05, 0.1) is 23.0 Å². The highest BCUT2D eigenvalue weighted by molar-refractivity contribution is 6.00. The molecule has 224 valence electrons. The molecule has 0 saturated carbocycles. The Balaban J connectivity index is 1.54. The molecule has 2 saturated heterocycles. The van der Waals surface area contributed by atoms with Crippen molar-refractivity contribution < 1.29 is 24.6 Å². The van der Waals surface area contributed by atoms with E-state index in [9.17, 15) is 24.6 Å². The minimum absolute atomic E-state index is 0.159. The Morgan fingerprint density at radius 3 is 2.49 bits per heavy atom. The standard InChI is InChI=1S/C30H44N6O5/c1-7-8-13-35-27(38)25(26(37)18(2)3)32-29(41)30(35)11-14-34(15-12-30)17-23-19(4)33-36(20(23)5)24-10-9-21(31-6)16-22(24)28(39)40/h9-10,16,18,25-26,31,37H,7-8,11-15,17H2,1-6H3,(H,32,41)(H,39,40)/t25-,26-/m1/s1. The molecule has 1 aromatic carbocycles. The van der Waals surface area contributed by atoms with E-state index in [1.165, 1.54) is 0 Å². The van der Waals surface area contributed by atoms with Gasteiger partial charge in [-0.3, -0.25) is 14.5 Å². The van der Waals surface area contributed by atoms with Gasteiger partial charge in [0.1, 0.15) is 11.6 Å². The number of aliphatic hydroxyl groups excluding tert-OH is 1. The number of aromatic carboxylic acids is 1. The number of nitrogens with one attached hydrogen (secondary N) is 2. The summed E-state index contributed by atoms with van der Waals surface area (Å²) in [6.07, 6.45) is 1.75. The van der Waals surface area contributed by atoms with Gasteiger partial charge >= 0.3 is 5.97 Å². The van der Waals surface area contributed by atoms with Crippen LogP contribution in [0.2, 0.25) is 0 Å². The fraction of sp³-hybridized carbons (Fsp3) is 0.600. The molecule has 41 heavy (non-hydrogen) atoms. The van der Waals surface area contributed by atoms with E-state index in [1.54, 1.807) is 28.8 Å². The Labute approximate surface area is 241 Å². The van der Waals surface area contributed by atoms with Crippen molar-refractivity contribution in [2.24, 2.45) is 5.92 Å². The maximum atomic E-state index is 13.6. The second kappa shape index (κ2) is 12.2. The number of benzene rings is 1. The molecule has 0 bridgehead atoms.